The maximum atomic E-state index is 13.7. The van der Waals surface area contributed by atoms with E-state index in [0.29, 0.717) is 0 Å². The van der Waals surface area contributed by atoms with E-state index in [1.54, 1.807) is 17.4 Å². The molecule has 2 nitrogen and oxygen atoms in total. The van der Waals surface area contributed by atoms with Crippen LogP contribution in [0.25, 0.3) is 37.7 Å². The Morgan fingerprint density at radius 1 is 1.09 bits per heavy atom. The van der Waals surface area contributed by atoms with Crippen LogP contribution in [-0.2, 0) is 20.1 Å². The summed E-state index contributed by atoms with van der Waals surface area (Å²) in [4.78, 5) is 5.70. The van der Waals surface area contributed by atoms with Crippen LogP contribution in [0.3, 0.4) is 0 Å². The zero-order valence-corrected chi connectivity index (χ0v) is 14.3. The van der Waals surface area contributed by atoms with E-state index >= 15 is 0 Å². The van der Waals surface area contributed by atoms with Gasteiger partial charge < -0.3 is 4.40 Å². The molecular weight excluding hydrogens is 475 g/mol. The van der Waals surface area contributed by atoms with Crippen LogP contribution in [0, 0.1) is 11.9 Å². The van der Waals surface area contributed by atoms with Gasteiger partial charge in [0.15, 0.2) is 0 Å². The minimum Gasteiger partial charge on any atom is -0.333 e. The Kier molecular flexibility index (Phi) is 3.05. The second kappa shape index (κ2) is 4.85. The molecule has 0 unspecified atom stereocenters. The first-order valence-electron chi connectivity index (χ1n) is 6.60. The van der Waals surface area contributed by atoms with E-state index in [-0.39, 0.29) is 25.9 Å². The fourth-order valence-corrected chi connectivity index (χ4v) is 3.73. The summed E-state index contributed by atoms with van der Waals surface area (Å²) in [6.45, 7) is 0. The van der Waals surface area contributed by atoms with Crippen molar-refractivity contribution in [3.8, 4) is 0 Å². The standard InChI is InChI=1S/C17H8FN2S.Ir/c18-10-5-6-12-13(9-10)11-3-1-2-4-14(11)20-15-7-8-21-17(15)19-16(12)20;/h1-5,7-9H;/q-1;. The molecule has 0 N–H and O–H groups in total. The van der Waals surface area contributed by atoms with Gasteiger partial charge in [0.2, 0.25) is 0 Å². The first-order valence-corrected chi connectivity index (χ1v) is 7.48. The molecule has 1 radical (unpaired) electrons. The number of halogens is 1. The molecule has 3 aromatic heterocycles. The summed E-state index contributed by atoms with van der Waals surface area (Å²) in [5, 5.41) is 4.77. The van der Waals surface area contributed by atoms with E-state index in [9.17, 15) is 4.39 Å². The molecule has 5 aromatic rings. The molecule has 3 heterocycles. The Bertz CT molecular complexity index is 1140. The molecule has 0 fully saturated rings. The van der Waals surface area contributed by atoms with Gasteiger partial charge in [0.05, 0.1) is 11.2 Å². The Labute approximate surface area is 142 Å². The van der Waals surface area contributed by atoms with Gasteiger partial charge >= 0.3 is 0 Å². The van der Waals surface area contributed by atoms with Crippen molar-refractivity contribution in [2.75, 3.05) is 0 Å². The maximum Gasteiger partial charge on any atom is 0.131 e. The van der Waals surface area contributed by atoms with Crippen molar-refractivity contribution in [3.63, 3.8) is 0 Å². The molecule has 2 aromatic carbocycles. The van der Waals surface area contributed by atoms with Crippen molar-refractivity contribution in [1.29, 1.82) is 0 Å². The number of hydrogen-bond donors (Lipinski definition) is 0. The van der Waals surface area contributed by atoms with E-state index in [1.807, 2.05) is 29.6 Å². The molecule has 0 aliphatic rings. The minimum atomic E-state index is -0.273. The van der Waals surface area contributed by atoms with Crippen LogP contribution in [0.15, 0.2) is 47.8 Å². The van der Waals surface area contributed by atoms with Crippen LogP contribution in [0.1, 0.15) is 0 Å². The topological polar surface area (TPSA) is 17.3 Å². The summed E-state index contributed by atoms with van der Waals surface area (Å²) in [5.41, 5.74) is 2.97. The van der Waals surface area contributed by atoms with Crippen LogP contribution in [0.4, 0.5) is 4.39 Å². The van der Waals surface area contributed by atoms with Crippen LogP contribution in [0.2, 0.25) is 0 Å². The monoisotopic (exact) mass is 484 g/mol. The normalized spacial score (nSPS) is 11.5. The number of nitrogens with zero attached hydrogens (tertiary/aromatic N) is 2. The minimum absolute atomic E-state index is 0. The second-order valence-corrected chi connectivity index (χ2v) is 5.90. The van der Waals surface area contributed by atoms with E-state index in [0.717, 1.165) is 37.7 Å². The SMILES string of the molecule is Fc1c[c-]c2c(c1)c1ccccc1n1c3ccsc3nc21.[Ir]. The van der Waals surface area contributed by atoms with Crippen LogP contribution < -0.4 is 0 Å². The summed E-state index contributed by atoms with van der Waals surface area (Å²) < 4.78 is 15.8. The van der Waals surface area contributed by atoms with Gasteiger partial charge in [-0.15, -0.1) is 29.5 Å². The molecule has 0 saturated carbocycles. The van der Waals surface area contributed by atoms with Gasteiger partial charge in [-0.3, -0.25) is 9.37 Å². The third-order valence-corrected chi connectivity index (χ3v) is 4.65. The van der Waals surface area contributed by atoms with Gasteiger partial charge in [-0.05, 0) is 22.9 Å². The fourth-order valence-electron chi connectivity index (χ4n) is 2.98. The Morgan fingerprint density at radius 3 is 2.86 bits per heavy atom. The zero-order chi connectivity index (χ0) is 14.0. The van der Waals surface area contributed by atoms with Crippen molar-refractivity contribution in [2.24, 2.45) is 0 Å². The van der Waals surface area contributed by atoms with E-state index in [2.05, 4.69) is 16.5 Å². The maximum absolute atomic E-state index is 13.7. The molecule has 0 spiro atoms. The van der Waals surface area contributed by atoms with Gasteiger partial charge in [0.25, 0.3) is 0 Å². The average molecular weight is 484 g/mol. The summed E-state index contributed by atoms with van der Waals surface area (Å²) >= 11 is 1.61. The quantitative estimate of drug-likeness (QED) is 0.229. The third kappa shape index (κ3) is 1.70. The van der Waals surface area contributed by atoms with E-state index < -0.39 is 0 Å². The zero-order valence-electron chi connectivity index (χ0n) is 11.1. The number of rotatable bonds is 0. The molecule has 22 heavy (non-hydrogen) atoms. The summed E-state index contributed by atoms with van der Waals surface area (Å²) in [7, 11) is 0. The van der Waals surface area contributed by atoms with Crippen LogP contribution in [-0.4, -0.2) is 9.38 Å². The smallest absolute Gasteiger partial charge is 0.131 e. The first kappa shape index (κ1) is 13.8. The number of imidazole rings is 1. The fraction of sp³-hybridized carbons (Fsp3) is 0. The number of para-hydroxylation sites is 1. The summed E-state index contributed by atoms with van der Waals surface area (Å²) in [6, 6.07) is 16.1. The molecule has 0 aliphatic carbocycles. The molecule has 0 amide bonds. The molecule has 0 saturated heterocycles. The Balaban J connectivity index is 0.00000125. The number of hydrogen-bond acceptors (Lipinski definition) is 2. The number of benzene rings is 2. The van der Waals surface area contributed by atoms with Crippen molar-refractivity contribution in [1.82, 2.24) is 9.38 Å². The number of fused-ring (bicyclic) bond motifs is 8. The molecule has 5 rings (SSSR count). The van der Waals surface area contributed by atoms with Gasteiger partial charge in [0, 0.05) is 31.4 Å². The van der Waals surface area contributed by atoms with Gasteiger partial charge in [-0.2, -0.15) is 0 Å². The summed E-state index contributed by atoms with van der Waals surface area (Å²) in [6.07, 6.45) is 0. The Hall–Kier alpha value is -1.81. The third-order valence-electron chi connectivity index (χ3n) is 3.85. The van der Waals surface area contributed by atoms with Gasteiger partial charge in [0.1, 0.15) is 4.83 Å². The largest absolute Gasteiger partial charge is 0.333 e. The predicted octanol–water partition coefficient (Wildman–Crippen LogP) is 4.79. The number of thiophene rings is 1. The van der Waals surface area contributed by atoms with Crippen molar-refractivity contribution in [2.45, 2.75) is 0 Å². The van der Waals surface area contributed by atoms with Crippen molar-refractivity contribution < 1.29 is 24.5 Å². The average Bonchev–Trinajstić information content (AvgIpc) is 3.08. The van der Waals surface area contributed by atoms with Crippen LogP contribution in [0.5, 0.6) is 0 Å². The van der Waals surface area contributed by atoms with Crippen molar-refractivity contribution in [3.05, 3.63) is 59.7 Å². The van der Waals surface area contributed by atoms with Gasteiger partial charge in [-0.1, -0.05) is 29.0 Å². The molecule has 0 bridgehead atoms. The predicted molar refractivity (Wildman–Crippen MR) is 84.4 cm³/mol. The molecule has 5 heteroatoms. The van der Waals surface area contributed by atoms with Crippen LogP contribution >= 0.6 is 11.3 Å². The Morgan fingerprint density at radius 2 is 1.95 bits per heavy atom. The first-order chi connectivity index (χ1) is 10.3. The molecular formula is C17H8FIrN2S-. The molecule has 0 aliphatic heterocycles. The summed E-state index contributed by atoms with van der Waals surface area (Å²) in [5.74, 6) is -0.273. The number of aromatic nitrogens is 2. The number of pyridine rings is 1. The van der Waals surface area contributed by atoms with Crippen molar-refractivity contribution >= 4 is 49.0 Å². The van der Waals surface area contributed by atoms with Gasteiger partial charge in [-0.25, -0.2) is 0 Å². The molecule has 109 valence electrons. The van der Waals surface area contributed by atoms with E-state index in [1.165, 1.54) is 6.07 Å². The molecule has 0 atom stereocenters. The van der Waals surface area contributed by atoms with E-state index in [4.69, 9.17) is 4.98 Å². The second-order valence-electron chi connectivity index (χ2n) is 5.01.